The quantitative estimate of drug-likeness (QED) is 0.217. The molecule has 7 nitrogen and oxygen atoms in total. The van der Waals surface area contributed by atoms with E-state index >= 15 is 0 Å². The molecule has 0 N–H and O–H groups in total. The first-order valence-corrected chi connectivity index (χ1v) is 16.2. The Morgan fingerprint density at radius 1 is 1.02 bits per heavy atom. The summed E-state index contributed by atoms with van der Waals surface area (Å²) in [7, 11) is -3.70. The van der Waals surface area contributed by atoms with E-state index in [9.17, 15) is 13.2 Å². The van der Waals surface area contributed by atoms with Crippen molar-refractivity contribution in [2.45, 2.75) is 29.3 Å². The lowest BCUT2D eigenvalue weighted by molar-refractivity contribution is 0.0985. The number of hydrogen-bond donors (Lipinski definition) is 0. The van der Waals surface area contributed by atoms with Crippen molar-refractivity contribution in [1.29, 1.82) is 0 Å². The van der Waals surface area contributed by atoms with E-state index in [-0.39, 0.29) is 17.3 Å². The molecule has 3 heterocycles. The summed E-state index contributed by atoms with van der Waals surface area (Å²) in [5.74, 6) is -0.260. The third kappa shape index (κ3) is 5.27. The number of carbonyl (C=O) groups is 1. The molecular formula is C30H26N4O3S3. The number of rotatable bonds is 7. The van der Waals surface area contributed by atoms with Gasteiger partial charge >= 0.3 is 0 Å². The molecule has 40 heavy (non-hydrogen) atoms. The van der Waals surface area contributed by atoms with Crippen molar-refractivity contribution in [1.82, 2.24) is 14.3 Å². The maximum atomic E-state index is 13.9. The van der Waals surface area contributed by atoms with Crippen LogP contribution in [0.25, 0.3) is 10.2 Å². The maximum absolute atomic E-state index is 13.9. The number of pyridine rings is 1. The molecule has 0 saturated carbocycles. The number of fused-ring (bicyclic) bond motifs is 2. The predicted octanol–water partition coefficient (Wildman–Crippen LogP) is 6.01. The molecule has 0 aliphatic carbocycles. The van der Waals surface area contributed by atoms with Crippen molar-refractivity contribution in [3.63, 3.8) is 0 Å². The third-order valence-corrected chi connectivity index (χ3v) is 10.6. The highest BCUT2D eigenvalue weighted by molar-refractivity contribution is 7.98. The second kappa shape index (κ2) is 11.1. The first-order valence-electron chi connectivity index (χ1n) is 12.7. The van der Waals surface area contributed by atoms with Crippen LogP contribution in [-0.4, -0.2) is 41.4 Å². The van der Waals surface area contributed by atoms with Gasteiger partial charge in [-0.2, -0.15) is 4.31 Å². The van der Waals surface area contributed by atoms with Crippen LogP contribution in [-0.2, 0) is 29.5 Å². The van der Waals surface area contributed by atoms with Gasteiger partial charge in [0.1, 0.15) is 0 Å². The topological polar surface area (TPSA) is 83.5 Å². The number of hydrogen-bond acceptors (Lipinski definition) is 7. The molecule has 0 atom stereocenters. The van der Waals surface area contributed by atoms with Crippen molar-refractivity contribution < 1.29 is 13.2 Å². The lowest BCUT2D eigenvalue weighted by atomic mass is 10.0. The standard InChI is InChI=1S/C30H26N4O3S3/c1-38-25-10-13-27-28(17-25)39-30(32-27)34(19-21-5-4-15-31-18-21)29(35)23-8-11-26(12-9-23)40(36,37)33-16-14-22-6-2-3-7-24(22)20-33/h2-13,15,17-18H,14,16,19-20H2,1H3. The smallest absolute Gasteiger partial charge is 0.260 e. The van der Waals surface area contributed by atoms with Crippen molar-refractivity contribution in [2.24, 2.45) is 0 Å². The van der Waals surface area contributed by atoms with Crippen LogP contribution < -0.4 is 4.90 Å². The van der Waals surface area contributed by atoms with Gasteiger partial charge < -0.3 is 0 Å². The zero-order valence-electron chi connectivity index (χ0n) is 21.7. The van der Waals surface area contributed by atoms with E-state index < -0.39 is 10.0 Å². The largest absolute Gasteiger partial charge is 0.279 e. The Bertz CT molecular complexity index is 1790. The van der Waals surface area contributed by atoms with Gasteiger partial charge in [0, 0.05) is 35.9 Å². The number of nitrogens with zero attached hydrogens (tertiary/aromatic N) is 4. The Morgan fingerprint density at radius 3 is 2.58 bits per heavy atom. The fraction of sp³-hybridized carbons (Fsp3) is 0.167. The molecule has 0 bridgehead atoms. The van der Waals surface area contributed by atoms with Gasteiger partial charge in [0.05, 0.1) is 21.7 Å². The normalized spacial score (nSPS) is 13.7. The molecule has 10 heteroatoms. The molecule has 1 aliphatic rings. The lowest BCUT2D eigenvalue weighted by Crippen LogP contribution is -2.36. The molecule has 1 amide bonds. The molecule has 0 saturated heterocycles. The molecule has 202 valence electrons. The molecule has 0 fully saturated rings. The Balaban J connectivity index is 1.29. The Morgan fingerprint density at radius 2 is 1.82 bits per heavy atom. The highest BCUT2D eigenvalue weighted by atomic mass is 32.2. The Labute approximate surface area is 241 Å². The van der Waals surface area contributed by atoms with E-state index in [0.717, 1.165) is 26.2 Å². The summed E-state index contributed by atoms with van der Waals surface area (Å²) >= 11 is 3.11. The van der Waals surface area contributed by atoms with Gasteiger partial charge in [0.25, 0.3) is 5.91 Å². The van der Waals surface area contributed by atoms with Gasteiger partial charge in [-0.25, -0.2) is 13.4 Å². The number of benzene rings is 3. The van der Waals surface area contributed by atoms with Gasteiger partial charge in [-0.3, -0.25) is 14.7 Å². The van der Waals surface area contributed by atoms with Crippen LogP contribution in [0.3, 0.4) is 0 Å². The number of amides is 1. The molecule has 3 aromatic carbocycles. The lowest BCUT2D eigenvalue weighted by Gasteiger charge is -2.28. The number of sulfonamides is 1. The van der Waals surface area contributed by atoms with E-state index in [1.54, 1.807) is 41.2 Å². The van der Waals surface area contributed by atoms with Crippen LogP contribution in [0.2, 0.25) is 0 Å². The van der Waals surface area contributed by atoms with Crippen LogP contribution in [0.5, 0.6) is 0 Å². The molecule has 6 rings (SSSR count). The zero-order valence-corrected chi connectivity index (χ0v) is 24.2. The van der Waals surface area contributed by atoms with Crippen LogP contribution in [0.15, 0.2) is 101 Å². The highest BCUT2D eigenvalue weighted by Crippen LogP contribution is 2.33. The van der Waals surface area contributed by atoms with Gasteiger partial charge in [-0.15, -0.1) is 11.8 Å². The van der Waals surface area contributed by atoms with Crippen LogP contribution in [0, 0.1) is 0 Å². The Hall–Kier alpha value is -3.57. The summed E-state index contributed by atoms with van der Waals surface area (Å²) in [6.45, 7) is 1.05. The van der Waals surface area contributed by atoms with Crippen LogP contribution in [0.1, 0.15) is 27.0 Å². The predicted molar refractivity (Wildman–Crippen MR) is 160 cm³/mol. The van der Waals surface area contributed by atoms with Crippen molar-refractivity contribution >= 4 is 54.4 Å². The highest BCUT2D eigenvalue weighted by Gasteiger charge is 2.29. The van der Waals surface area contributed by atoms with Crippen molar-refractivity contribution in [3.05, 3.63) is 114 Å². The second-order valence-corrected chi connectivity index (χ2v) is 13.3. The Kier molecular flexibility index (Phi) is 7.41. The third-order valence-electron chi connectivity index (χ3n) is 6.96. The number of thioether (sulfide) groups is 1. The molecule has 1 aliphatic heterocycles. The summed E-state index contributed by atoms with van der Waals surface area (Å²) in [5, 5.41) is 0.575. The molecular weight excluding hydrogens is 561 g/mol. The molecule has 0 unspecified atom stereocenters. The van der Waals surface area contributed by atoms with E-state index in [2.05, 4.69) is 11.1 Å². The van der Waals surface area contributed by atoms with Gasteiger partial charge in [-0.1, -0.05) is 41.7 Å². The minimum Gasteiger partial charge on any atom is -0.279 e. The van der Waals surface area contributed by atoms with E-state index in [1.165, 1.54) is 33.3 Å². The number of aromatic nitrogens is 2. The van der Waals surface area contributed by atoms with Crippen LogP contribution in [0.4, 0.5) is 5.13 Å². The summed E-state index contributed by atoms with van der Waals surface area (Å²) in [4.78, 5) is 25.7. The van der Waals surface area contributed by atoms with Crippen LogP contribution >= 0.6 is 23.1 Å². The van der Waals surface area contributed by atoms with E-state index in [1.807, 2.05) is 54.8 Å². The van der Waals surface area contributed by atoms with E-state index in [4.69, 9.17) is 4.98 Å². The maximum Gasteiger partial charge on any atom is 0.260 e. The summed E-state index contributed by atoms with van der Waals surface area (Å²) < 4.78 is 29.4. The molecule has 5 aromatic rings. The minimum absolute atomic E-state index is 0.173. The summed E-state index contributed by atoms with van der Waals surface area (Å²) in [5.41, 5.74) is 4.28. The first-order chi connectivity index (χ1) is 19.4. The molecule has 0 radical (unpaired) electrons. The fourth-order valence-electron chi connectivity index (χ4n) is 4.79. The monoisotopic (exact) mass is 586 g/mol. The zero-order chi connectivity index (χ0) is 27.7. The first kappa shape index (κ1) is 26.6. The van der Waals surface area contributed by atoms with Crippen molar-refractivity contribution in [3.8, 4) is 0 Å². The molecule has 2 aromatic heterocycles. The number of thiazole rings is 1. The number of anilines is 1. The molecule has 0 spiro atoms. The van der Waals surface area contributed by atoms with Gasteiger partial charge in [0.2, 0.25) is 10.0 Å². The van der Waals surface area contributed by atoms with E-state index in [0.29, 0.717) is 30.2 Å². The average molecular weight is 587 g/mol. The minimum atomic E-state index is -3.70. The SMILES string of the molecule is CSc1ccc2nc(N(Cc3cccnc3)C(=O)c3ccc(S(=O)(=O)N4CCc5ccccc5C4)cc3)sc2c1. The average Bonchev–Trinajstić information content (AvgIpc) is 3.43. The van der Waals surface area contributed by atoms with Gasteiger partial charge in [0.15, 0.2) is 5.13 Å². The van der Waals surface area contributed by atoms with Gasteiger partial charge in [-0.05, 0) is 77.9 Å². The second-order valence-electron chi connectivity index (χ2n) is 9.46. The summed E-state index contributed by atoms with van der Waals surface area (Å²) in [6.07, 6.45) is 6.12. The number of carbonyl (C=O) groups excluding carboxylic acids is 1. The van der Waals surface area contributed by atoms with Crippen molar-refractivity contribution in [2.75, 3.05) is 17.7 Å². The summed E-state index contributed by atoms with van der Waals surface area (Å²) in [6, 6.07) is 23.9. The fourth-order valence-corrected chi connectivity index (χ4v) is 7.72.